The minimum Gasteiger partial charge on any atom is -0.396 e. The number of benzene rings is 1. The second-order valence-electron chi connectivity index (χ2n) is 6.68. The van der Waals surface area contributed by atoms with Crippen LogP contribution in [0.4, 0.5) is 5.82 Å². The summed E-state index contributed by atoms with van der Waals surface area (Å²) in [6, 6.07) is 14.0. The molecule has 1 aliphatic rings. The van der Waals surface area contributed by atoms with E-state index in [2.05, 4.69) is 31.6 Å². The highest BCUT2D eigenvalue weighted by molar-refractivity contribution is 14.0. The number of aliphatic imine (C=N–C) groups is 1. The second-order valence-corrected chi connectivity index (χ2v) is 6.68. The van der Waals surface area contributed by atoms with E-state index in [-0.39, 0.29) is 36.5 Å². The molecule has 0 bridgehead atoms. The van der Waals surface area contributed by atoms with Crippen LogP contribution >= 0.6 is 24.0 Å². The van der Waals surface area contributed by atoms with Crippen molar-refractivity contribution in [3.05, 3.63) is 59.8 Å². The number of guanidine groups is 1. The Labute approximate surface area is 189 Å². The van der Waals surface area contributed by atoms with Gasteiger partial charge >= 0.3 is 0 Å². The van der Waals surface area contributed by atoms with Crippen molar-refractivity contribution in [3.63, 3.8) is 0 Å². The fourth-order valence-corrected chi connectivity index (χ4v) is 3.26. The number of pyridine rings is 1. The van der Waals surface area contributed by atoms with Gasteiger partial charge in [-0.1, -0.05) is 36.4 Å². The highest BCUT2D eigenvalue weighted by atomic mass is 127. The molecule has 0 spiro atoms. The van der Waals surface area contributed by atoms with Gasteiger partial charge in [0.25, 0.3) is 0 Å². The van der Waals surface area contributed by atoms with Gasteiger partial charge in [-0.25, -0.2) is 4.98 Å². The molecule has 1 saturated heterocycles. The van der Waals surface area contributed by atoms with E-state index in [1.54, 1.807) is 7.05 Å². The number of aliphatic hydroxyl groups excluding tert-OH is 1. The lowest BCUT2D eigenvalue weighted by atomic mass is 10.0. The highest BCUT2D eigenvalue weighted by Gasteiger charge is 2.16. The fourth-order valence-electron chi connectivity index (χ4n) is 3.26. The van der Waals surface area contributed by atoms with Crippen LogP contribution in [-0.2, 0) is 11.3 Å². The molecule has 1 aromatic heterocycles. The number of aliphatic hydroxyl groups is 1. The Morgan fingerprint density at radius 3 is 2.62 bits per heavy atom. The summed E-state index contributed by atoms with van der Waals surface area (Å²) in [4.78, 5) is 11.1. The van der Waals surface area contributed by atoms with Crippen molar-refractivity contribution >= 4 is 35.8 Å². The summed E-state index contributed by atoms with van der Waals surface area (Å²) in [6.07, 6.45) is 1.83. The molecule has 2 aromatic rings. The first kappa shape index (κ1) is 23.4. The monoisotopic (exact) mass is 511 g/mol. The van der Waals surface area contributed by atoms with Gasteiger partial charge in [0.15, 0.2) is 5.96 Å². The molecule has 7 nitrogen and oxygen atoms in total. The molecular formula is C21H30IN5O2. The molecule has 0 saturated carbocycles. The van der Waals surface area contributed by atoms with Gasteiger partial charge in [0.2, 0.25) is 0 Å². The molecule has 0 radical (unpaired) electrons. The predicted octanol–water partition coefficient (Wildman–Crippen LogP) is 1.98. The van der Waals surface area contributed by atoms with E-state index >= 15 is 0 Å². The molecule has 1 atom stereocenters. The SMILES string of the molecule is CN=C(NCc1cccnc1N1CCOCC1)NCC(CO)c1ccccc1.I. The first-order chi connectivity index (χ1) is 13.8. The molecule has 0 amide bonds. The number of ether oxygens (including phenoxy) is 1. The van der Waals surface area contributed by atoms with E-state index in [0.29, 0.717) is 19.0 Å². The summed E-state index contributed by atoms with van der Waals surface area (Å²) >= 11 is 0. The van der Waals surface area contributed by atoms with Crippen LogP contribution < -0.4 is 15.5 Å². The summed E-state index contributed by atoms with van der Waals surface area (Å²) in [5.74, 6) is 1.71. The lowest BCUT2D eigenvalue weighted by molar-refractivity contribution is 0.122. The van der Waals surface area contributed by atoms with Crippen LogP contribution in [-0.4, -0.2) is 62.6 Å². The minimum atomic E-state index is 0. The maximum Gasteiger partial charge on any atom is 0.191 e. The van der Waals surface area contributed by atoms with Crippen molar-refractivity contribution in [2.45, 2.75) is 12.5 Å². The maximum absolute atomic E-state index is 9.73. The zero-order chi connectivity index (χ0) is 19.6. The van der Waals surface area contributed by atoms with Crippen molar-refractivity contribution in [1.29, 1.82) is 0 Å². The Morgan fingerprint density at radius 2 is 1.93 bits per heavy atom. The summed E-state index contributed by atoms with van der Waals surface area (Å²) < 4.78 is 5.44. The first-order valence-electron chi connectivity index (χ1n) is 9.68. The molecule has 2 heterocycles. The summed E-state index contributed by atoms with van der Waals surface area (Å²) in [6.45, 7) is 4.47. The molecule has 8 heteroatoms. The van der Waals surface area contributed by atoms with Gasteiger partial charge < -0.3 is 25.4 Å². The number of anilines is 1. The number of aromatic nitrogens is 1. The molecule has 29 heavy (non-hydrogen) atoms. The molecule has 158 valence electrons. The van der Waals surface area contributed by atoms with Crippen LogP contribution in [0.2, 0.25) is 0 Å². The van der Waals surface area contributed by atoms with Crippen LogP contribution in [0.1, 0.15) is 17.0 Å². The van der Waals surface area contributed by atoms with Crippen LogP contribution in [0.3, 0.4) is 0 Å². The Hall–Kier alpha value is -1.91. The van der Waals surface area contributed by atoms with Crippen LogP contribution in [0.5, 0.6) is 0 Å². The van der Waals surface area contributed by atoms with Gasteiger partial charge in [0.05, 0.1) is 19.8 Å². The van der Waals surface area contributed by atoms with Crippen molar-refractivity contribution in [2.75, 3.05) is 51.4 Å². The quantitative estimate of drug-likeness (QED) is 0.300. The van der Waals surface area contributed by atoms with E-state index < -0.39 is 0 Å². The number of morpholine rings is 1. The van der Waals surface area contributed by atoms with Gasteiger partial charge in [-0.2, -0.15) is 0 Å². The number of nitrogens with one attached hydrogen (secondary N) is 2. The first-order valence-corrected chi connectivity index (χ1v) is 9.68. The van der Waals surface area contributed by atoms with E-state index in [4.69, 9.17) is 4.74 Å². The zero-order valence-electron chi connectivity index (χ0n) is 16.8. The zero-order valence-corrected chi connectivity index (χ0v) is 19.1. The summed E-state index contributed by atoms with van der Waals surface area (Å²) in [5, 5.41) is 16.4. The van der Waals surface area contributed by atoms with Gasteiger partial charge in [0, 0.05) is 50.9 Å². The normalized spacial score (nSPS) is 15.4. The topological polar surface area (TPSA) is 82.0 Å². The Kier molecular flexibility index (Phi) is 10.2. The Bertz CT molecular complexity index is 754. The van der Waals surface area contributed by atoms with E-state index in [1.807, 2.05) is 42.6 Å². The third-order valence-electron chi connectivity index (χ3n) is 4.86. The molecule has 1 unspecified atom stereocenters. The standard InChI is InChI=1S/C21H29N5O2.HI/c1-22-21(25-15-19(16-27)17-6-3-2-4-7-17)24-14-18-8-5-9-23-20(18)26-10-12-28-13-11-26;/h2-9,19,27H,10-16H2,1H3,(H2,22,24,25);1H. The number of rotatable bonds is 7. The largest absolute Gasteiger partial charge is 0.396 e. The van der Waals surface area contributed by atoms with Gasteiger partial charge in [-0.3, -0.25) is 4.99 Å². The van der Waals surface area contributed by atoms with Gasteiger partial charge in [-0.15, -0.1) is 24.0 Å². The average molecular weight is 511 g/mol. The number of nitrogens with zero attached hydrogens (tertiary/aromatic N) is 3. The minimum absolute atomic E-state index is 0. The highest BCUT2D eigenvalue weighted by Crippen LogP contribution is 2.18. The molecule has 3 rings (SSSR count). The van der Waals surface area contributed by atoms with Gasteiger partial charge in [0.1, 0.15) is 5.82 Å². The van der Waals surface area contributed by atoms with Crippen LogP contribution in [0, 0.1) is 0 Å². The van der Waals surface area contributed by atoms with Crippen LogP contribution in [0.25, 0.3) is 0 Å². The molecular weight excluding hydrogens is 481 g/mol. The third kappa shape index (κ3) is 6.83. The van der Waals surface area contributed by atoms with Gasteiger partial charge in [-0.05, 0) is 11.6 Å². The molecule has 0 aliphatic carbocycles. The van der Waals surface area contributed by atoms with E-state index in [0.717, 1.165) is 43.2 Å². The number of halogens is 1. The van der Waals surface area contributed by atoms with E-state index in [9.17, 15) is 5.11 Å². The lowest BCUT2D eigenvalue weighted by Crippen LogP contribution is -2.40. The molecule has 1 aliphatic heterocycles. The molecule has 1 aromatic carbocycles. The van der Waals surface area contributed by atoms with E-state index in [1.165, 1.54) is 0 Å². The van der Waals surface area contributed by atoms with Crippen molar-refractivity contribution in [3.8, 4) is 0 Å². The Morgan fingerprint density at radius 1 is 1.17 bits per heavy atom. The van der Waals surface area contributed by atoms with Crippen molar-refractivity contribution in [2.24, 2.45) is 4.99 Å². The van der Waals surface area contributed by atoms with Crippen molar-refractivity contribution < 1.29 is 9.84 Å². The summed E-state index contributed by atoms with van der Waals surface area (Å²) in [7, 11) is 1.75. The average Bonchev–Trinajstić information content (AvgIpc) is 2.78. The number of hydrogen-bond donors (Lipinski definition) is 3. The fraction of sp³-hybridized carbons (Fsp3) is 0.429. The lowest BCUT2D eigenvalue weighted by Gasteiger charge is -2.29. The second kappa shape index (κ2) is 12.6. The smallest absolute Gasteiger partial charge is 0.191 e. The molecule has 3 N–H and O–H groups in total. The summed E-state index contributed by atoms with van der Waals surface area (Å²) in [5.41, 5.74) is 2.23. The number of hydrogen-bond acceptors (Lipinski definition) is 5. The molecule has 1 fully saturated rings. The third-order valence-corrected chi connectivity index (χ3v) is 4.86. The van der Waals surface area contributed by atoms with Crippen molar-refractivity contribution in [1.82, 2.24) is 15.6 Å². The maximum atomic E-state index is 9.73. The predicted molar refractivity (Wildman–Crippen MR) is 127 cm³/mol. The van der Waals surface area contributed by atoms with Crippen LogP contribution in [0.15, 0.2) is 53.7 Å². The Balaban J connectivity index is 0.00000300.